The van der Waals surface area contributed by atoms with Crippen LogP contribution in [0.5, 0.6) is 0 Å². The van der Waals surface area contributed by atoms with Crippen molar-refractivity contribution in [1.29, 1.82) is 0 Å². The lowest BCUT2D eigenvalue weighted by Gasteiger charge is -2.39. The zero-order valence-corrected chi connectivity index (χ0v) is 27.5. The Hall–Kier alpha value is -4.52. The van der Waals surface area contributed by atoms with E-state index >= 15 is 9.18 Å². The Morgan fingerprint density at radius 1 is 1.02 bits per heavy atom. The van der Waals surface area contributed by atoms with Gasteiger partial charge in [-0.3, -0.25) is 9.59 Å². The number of carbonyl (C=O) groups excluding carboxylic acids is 1. The lowest BCUT2D eigenvalue weighted by molar-refractivity contribution is -0.137. The van der Waals surface area contributed by atoms with Gasteiger partial charge in [-0.25, -0.2) is 8.78 Å². The van der Waals surface area contributed by atoms with Gasteiger partial charge in [-0.05, 0) is 72.1 Å². The summed E-state index contributed by atoms with van der Waals surface area (Å²) >= 11 is 0.0198. The number of nitrogens with zero attached hydrogens (tertiary/aromatic N) is 3. The molecule has 1 aliphatic heterocycles. The van der Waals surface area contributed by atoms with Gasteiger partial charge in [0, 0.05) is 72.9 Å². The number of likely N-dealkylation sites (tertiary alicyclic amines) is 1. The minimum atomic E-state index is -5.50. The molecular weight excluding hydrogens is 710 g/mol. The molecule has 2 heterocycles. The van der Waals surface area contributed by atoms with E-state index in [2.05, 4.69) is 4.74 Å². The number of benzene rings is 4. The average Bonchev–Trinajstić information content (AvgIpc) is 1.48. The molecule has 0 bridgehead atoms. The number of amides is 1. The van der Waals surface area contributed by atoms with Crippen LogP contribution in [0.4, 0.5) is 22.0 Å². The normalized spacial score (nSPS) is 26.9. The van der Waals surface area contributed by atoms with Gasteiger partial charge < -0.3 is 19.1 Å². The van der Waals surface area contributed by atoms with Crippen molar-refractivity contribution in [1.82, 2.24) is 14.4 Å². The maximum atomic E-state index is 15.7. The molecule has 1 fully saturated rings. The number of para-hydroxylation sites is 1. The summed E-state index contributed by atoms with van der Waals surface area (Å²) in [4.78, 5) is 28.8. The number of ether oxygens (including phenoxy) is 1. The molecule has 6 nitrogen and oxygen atoms in total. The monoisotopic (exact) mass is 778 g/mol. The van der Waals surface area contributed by atoms with Gasteiger partial charge in [-0.1, -0.05) is 54.4 Å². The molecule has 0 atom stereocenters. The number of fused-ring (bicyclic) bond motifs is 1. The SMILES string of the molecule is [2H]c1c([2H])c(F)c(F)c(CSc2c([2H])c(=O)c3c([2H])c([2H])c([2H])c([2H])c3n2CC(=O)N(Cc2c([2H])c([2H])c(-c3c([2H])c([2H])c(C(F)(F)F)c([2H])c3[2H])c([2H])c2C)C2([2H])C([2H])([2H])C([2H])([2H])N(CC([2H])([2H])OC([2H])([2H])[2H])C([2H])([2H])C2([2H])[2H])c1[2H]. The third-order valence-corrected chi connectivity index (χ3v) is 8.21. The third kappa shape index (κ3) is 9.00. The topological polar surface area (TPSA) is 54.8 Å². The predicted molar refractivity (Wildman–Crippen MR) is 198 cm³/mol. The van der Waals surface area contributed by atoms with Crippen molar-refractivity contribution in [2.45, 2.75) is 55.7 Å². The highest BCUT2D eigenvalue weighted by molar-refractivity contribution is 7.98. The van der Waals surface area contributed by atoms with E-state index in [9.17, 15) is 29.2 Å². The van der Waals surface area contributed by atoms with Crippen LogP contribution >= 0.6 is 11.8 Å². The van der Waals surface area contributed by atoms with Crippen molar-refractivity contribution in [3.05, 3.63) is 135 Å². The molecule has 0 aliphatic carbocycles. The molecule has 1 amide bonds. The molecule has 4 aromatic carbocycles. The number of piperidine rings is 1. The van der Waals surface area contributed by atoms with E-state index in [0.717, 1.165) is 6.92 Å². The second-order valence-electron chi connectivity index (χ2n) is 10.6. The number of rotatable bonds is 12. The quantitative estimate of drug-likeness (QED) is 0.0938. The summed E-state index contributed by atoms with van der Waals surface area (Å²) < 4.78 is 326. The second-order valence-corrected chi connectivity index (χ2v) is 11.5. The summed E-state index contributed by atoms with van der Waals surface area (Å²) in [6.45, 7) is -17.4. The lowest BCUT2D eigenvalue weighted by atomic mass is 9.97. The summed E-state index contributed by atoms with van der Waals surface area (Å²) in [6.07, 6.45) is -14.7. The molecule has 278 valence electrons. The first-order chi connectivity index (χ1) is 37.0. The van der Waals surface area contributed by atoms with E-state index in [1.165, 1.54) is 0 Å². The van der Waals surface area contributed by atoms with E-state index in [4.69, 9.17) is 32.9 Å². The molecule has 1 aliphatic rings. The van der Waals surface area contributed by atoms with Gasteiger partial charge in [0.25, 0.3) is 0 Å². The van der Waals surface area contributed by atoms with Crippen molar-refractivity contribution < 1.29 is 71.2 Å². The minimum Gasteiger partial charge on any atom is -0.383 e. The van der Waals surface area contributed by atoms with Crippen molar-refractivity contribution in [3.63, 3.8) is 0 Å². The number of methoxy groups -OCH3 is 1. The number of pyridine rings is 1. The summed E-state index contributed by atoms with van der Waals surface area (Å²) in [7, 11) is -3.69. The number of hydrogen-bond donors (Lipinski definition) is 0. The fourth-order valence-corrected chi connectivity index (χ4v) is 5.54. The van der Waals surface area contributed by atoms with E-state index in [1.807, 2.05) is 0 Å². The average molecular weight is 779 g/mol. The van der Waals surface area contributed by atoms with Crippen LogP contribution in [0.25, 0.3) is 22.0 Å². The summed E-state index contributed by atoms with van der Waals surface area (Å²) in [5.41, 5.74) is -9.81. The van der Waals surface area contributed by atoms with Gasteiger partial charge in [0.05, 0.1) is 51.5 Å². The van der Waals surface area contributed by atoms with Crippen LogP contribution in [0.15, 0.2) is 100 Å². The first-order valence-corrected chi connectivity index (χ1v) is 15.7. The summed E-state index contributed by atoms with van der Waals surface area (Å²) in [5, 5.41) is -2.13. The lowest BCUT2D eigenvalue weighted by Crippen LogP contribution is -2.48. The van der Waals surface area contributed by atoms with Gasteiger partial charge in [0.15, 0.2) is 17.1 Å². The van der Waals surface area contributed by atoms with Crippen LogP contribution in [-0.4, -0.2) is 59.4 Å². The van der Waals surface area contributed by atoms with Crippen molar-refractivity contribution in [2.24, 2.45) is 0 Å². The summed E-state index contributed by atoms with van der Waals surface area (Å²) in [6, 6.07) is -24.8. The highest BCUT2D eigenvalue weighted by Gasteiger charge is 2.31. The third-order valence-electron chi connectivity index (χ3n) is 7.18. The Morgan fingerprint density at radius 2 is 1.75 bits per heavy atom. The van der Waals surface area contributed by atoms with Crippen molar-refractivity contribution in [2.75, 3.05) is 33.1 Å². The van der Waals surface area contributed by atoms with E-state index < -0.39 is 245 Å². The number of thioether (sulfide) groups is 1. The number of aromatic nitrogens is 1. The molecule has 12 heteroatoms. The molecule has 6 rings (SSSR count). The van der Waals surface area contributed by atoms with E-state index in [0.29, 0.717) is 4.57 Å². The highest BCUT2D eigenvalue weighted by atomic mass is 32.2. The van der Waals surface area contributed by atoms with Gasteiger partial charge >= 0.3 is 6.18 Å². The largest absolute Gasteiger partial charge is 0.416 e. The molecule has 0 N–H and O–H groups in total. The van der Waals surface area contributed by atoms with E-state index in [1.54, 1.807) is 0 Å². The van der Waals surface area contributed by atoms with E-state index in [-0.39, 0.29) is 16.7 Å². The fourth-order valence-electron chi connectivity index (χ4n) is 4.58. The summed E-state index contributed by atoms with van der Waals surface area (Å²) in [5.74, 6) is -7.09. The molecule has 1 aromatic heterocycles. The molecule has 0 saturated carbocycles. The molecule has 53 heavy (non-hydrogen) atoms. The van der Waals surface area contributed by atoms with Crippen molar-refractivity contribution >= 4 is 28.6 Å². The minimum absolute atomic E-state index is 0.0198. The Morgan fingerprint density at radius 3 is 2.49 bits per heavy atom. The Balaban J connectivity index is 1.73. The van der Waals surface area contributed by atoms with Gasteiger partial charge in [-0.2, -0.15) is 13.2 Å². The number of hydrogen-bond acceptors (Lipinski definition) is 5. The smallest absolute Gasteiger partial charge is 0.383 e. The van der Waals surface area contributed by atoms with Crippen LogP contribution in [0.2, 0.25) is 0 Å². The molecule has 1 saturated heterocycles. The molecule has 0 spiro atoms. The zero-order valence-electron chi connectivity index (χ0n) is 55.7. The van der Waals surface area contributed by atoms with Gasteiger partial charge in [0.2, 0.25) is 5.91 Å². The molecule has 0 unspecified atom stereocenters. The standard InChI is InChI=1S/C41H40F5N3O3S/c1-27-22-29(28-12-14-32(15-13-28)41(44,45)46)10-11-30(27)24-48(33-16-18-47(19-17-33)20-21-52-2)38(51)25-49-36-9-4-3-7-34(36)37(50)23-39(49)53-26-31-6-5-8-35(42)40(31)43/h3-15,22-23,33H,16-21,24-26H2,1-2H3/i2D3,3D,4D,5D,6D,7D,8D,9D,10D,11D,12D,13D,14D,15D,16D2,17D2,18D2,19D2,21D2,22D,23D,33D. The molecule has 0 radical (unpaired) electrons. The predicted octanol–water partition coefficient (Wildman–Crippen LogP) is 8.71. The van der Waals surface area contributed by atoms with Crippen molar-refractivity contribution in [3.8, 4) is 11.1 Å². The zero-order chi connectivity index (χ0) is 63.1. The Bertz CT molecular complexity index is 3480. The number of carbonyl (C=O) groups is 1. The maximum Gasteiger partial charge on any atom is 0.416 e. The number of halogens is 5. The Labute approximate surface area is 349 Å². The van der Waals surface area contributed by atoms with Gasteiger partial charge in [-0.15, -0.1) is 11.8 Å². The molecule has 5 aromatic rings. The highest BCUT2D eigenvalue weighted by Crippen LogP contribution is 2.32. The van der Waals surface area contributed by atoms with Crippen LogP contribution in [0.1, 0.15) is 74.8 Å². The fraction of sp³-hybridized carbons (Fsp3) is 0.317. The van der Waals surface area contributed by atoms with Crippen LogP contribution in [-0.2, 0) is 34.6 Å². The molecular formula is C41H40F5N3O3S. The van der Waals surface area contributed by atoms with Crippen LogP contribution in [0.3, 0.4) is 0 Å². The van der Waals surface area contributed by atoms with Crippen LogP contribution < -0.4 is 5.43 Å². The maximum absolute atomic E-state index is 15.7. The number of alkyl halides is 3. The second kappa shape index (κ2) is 16.7. The Kier molecular flexibility index (Phi) is 5.05. The van der Waals surface area contributed by atoms with Gasteiger partial charge in [0.1, 0.15) is 6.54 Å². The first kappa shape index (κ1) is 16.1. The van der Waals surface area contributed by atoms with Crippen LogP contribution in [0, 0.1) is 18.6 Å². The first-order valence-electron chi connectivity index (χ1n) is 29.2.